The molecule has 0 aliphatic carbocycles. The van der Waals surface area contributed by atoms with Gasteiger partial charge in [0, 0.05) is 18.6 Å². The molecule has 2 amide bonds. The van der Waals surface area contributed by atoms with Crippen molar-refractivity contribution in [3.63, 3.8) is 0 Å². The average Bonchev–Trinajstić information content (AvgIpc) is 2.13. The predicted molar refractivity (Wildman–Crippen MR) is 57.2 cm³/mol. The van der Waals surface area contributed by atoms with Crippen molar-refractivity contribution in [2.75, 3.05) is 19.7 Å². The first-order valence-electron chi connectivity index (χ1n) is 5.04. The summed E-state index contributed by atoms with van der Waals surface area (Å²) in [6.07, 6.45) is 0.527. The highest BCUT2D eigenvalue weighted by atomic mass is 16.3. The van der Waals surface area contributed by atoms with Crippen molar-refractivity contribution in [1.29, 1.82) is 0 Å². The molecule has 5 nitrogen and oxygen atoms in total. The Morgan fingerprint density at radius 2 is 1.80 bits per heavy atom. The minimum Gasteiger partial charge on any atom is -0.396 e. The van der Waals surface area contributed by atoms with Crippen molar-refractivity contribution in [2.24, 2.45) is 5.41 Å². The number of nitrogens with one attached hydrogen (secondary N) is 2. The van der Waals surface area contributed by atoms with Crippen LogP contribution in [0, 0.1) is 5.41 Å². The van der Waals surface area contributed by atoms with Crippen LogP contribution in [0.1, 0.15) is 27.2 Å². The van der Waals surface area contributed by atoms with Crippen LogP contribution in [-0.4, -0.2) is 36.6 Å². The maximum Gasteiger partial charge on any atom is 0.239 e. The summed E-state index contributed by atoms with van der Waals surface area (Å²) in [6.45, 7) is 5.82. The van der Waals surface area contributed by atoms with E-state index in [-0.39, 0.29) is 25.0 Å². The van der Waals surface area contributed by atoms with Gasteiger partial charge in [0.2, 0.25) is 11.8 Å². The zero-order valence-electron chi connectivity index (χ0n) is 9.59. The summed E-state index contributed by atoms with van der Waals surface area (Å²) >= 11 is 0. The van der Waals surface area contributed by atoms with Gasteiger partial charge in [-0.15, -0.1) is 0 Å². The number of aliphatic hydroxyl groups is 1. The van der Waals surface area contributed by atoms with Gasteiger partial charge in [-0.3, -0.25) is 9.59 Å². The van der Waals surface area contributed by atoms with Crippen LogP contribution in [-0.2, 0) is 9.59 Å². The number of hydrogen-bond donors (Lipinski definition) is 3. The van der Waals surface area contributed by atoms with Crippen molar-refractivity contribution < 1.29 is 14.7 Å². The van der Waals surface area contributed by atoms with Gasteiger partial charge >= 0.3 is 0 Å². The van der Waals surface area contributed by atoms with Crippen LogP contribution in [0.4, 0.5) is 0 Å². The molecule has 0 saturated carbocycles. The Hall–Kier alpha value is -1.10. The quantitative estimate of drug-likeness (QED) is 0.549. The Morgan fingerprint density at radius 3 is 2.27 bits per heavy atom. The van der Waals surface area contributed by atoms with Gasteiger partial charge in [0.25, 0.3) is 0 Å². The van der Waals surface area contributed by atoms with Crippen LogP contribution in [0.5, 0.6) is 0 Å². The minimum absolute atomic E-state index is 0.0124. The number of carbonyl (C=O) groups is 2. The molecular weight excluding hydrogens is 196 g/mol. The van der Waals surface area contributed by atoms with Crippen molar-refractivity contribution in [1.82, 2.24) is 10.6 Å². The normalized spacial score (nSPS) is 10.9. The molecule has 0 fully saturated rings. The van der Waals surface area contributed by atoms with E-state index in [9.17, 15) is 9.59 Å². The number of hydrogen-bond acceptors (Lipinski definition) is 3. The second-order valence-electron chi connectivity index (χ2n) is 4.36. The molecule has 0 aromatic carbocycles. The average molecular weight is 216 g/mol. The SMILES string of the molecule is CC(C)(C)C(=O)NCC(=O)NCCCO. The van der Waals surface area contributed by atoms with Crippen LogP contribution in [0.15, 0.2) is 0 Å². The first-order valence-corrected chi connectivity index (χ1v) is 5.04. The molecule has 0 aliphatic rings. The van der Waals surface area contributed by atoms with Crippen LogP contribution in [0.3, 0.4) is 0 Å². The standard InChI is InChI=1S/C10H20N2O3/c1-10(2,3)9(15)12-7-8(14)11-5-4-6-13/h13H,4-7H2,1-3H3,(H,11,14)(H,12,15). The highest BCUT2D eigenvalue weighted by molar-refractivity contribution is 5.87. The molecule has 0 rings (SSSR count). The Bertz CT molecular complexity index is 221. The molecule has 0 spiro atoms. The molecule has 0 aromatic rings. The lowest BCUT2D eigenvalue weighted by molar-refractivity contribution is -0.131. The number of aliphatic hydroxyl groups excluding tert-OH is 1. The Balaban J connectivity index is 3.67. The van der Waals surface area contributed by atoms with E-state index in [4.69, 9.17) is 5.11 Å². The number of carbonyl (C=O) groups excluding carboxylic acids is 2. The summed E-state index contributed by atoms with van der Waals surface area (Å²) in [5, 5.41) is 13.6. The summed E-state index contributed by atoms with van der Waals surface area (Å²) in [4.78, 5) is 22.5. The number of amides is 2. The zero-order valence-corrected chi connectivity index (χ0v) is 9.59. The fraction of sp³-hybridized carbons (Fsp3) is 0.800. The third kappa shape index (κ3) is 6.90. The molecule has 0 radical (unpaired) electrons. The Labute approximate surface area is 90.2 Å². The van der Waals surface area contributed by atoms with Crippen molar-refractivity contribution >= 4 is 11.8 Å². The van der Waals surface area contributed by atoms with Gasteiger partial charge < -0.3 is 15.7 Å². The molecule has 0 bridgehead atoms. The highest BCUT2D eigenvalue weighted by Crippen LogP contribution is 2.11. The summed E-state index contributed by atoms with van der Waals surface area (Å²) in [6, 6.07) is 0. The van der Waals surface area contributed by atoms with Crippen LogP contribution in [0.2, 0.25) is 0 Å². The van der Waals surface area contributed by atoms with Gasteiger partial charge in [0.05, 0.1) is 6.54 Å². The molecule has 0 saturated heterocycles. The van der Waals surface area contributed by atoms with Gasteiger partial charge in [-0.2, -0.15) is 0 Å². The first-order chi connectivity index (χ1) is 6.88. The van der Waals surface area contributed by atoms with Crippen molar-refractivity contribution in [3.05, 3.63) is 0 Å². The summed E-state index contributed by atoms with van der Waals surface area (Å²) in [5.41, 5.74) is -0.481. The lowest BCUT2D eigenvalue weighted by Gasteiger charge is -2.17. The summed E-state index contributed by atoms with van der Waals surface area (Å²) < 4.78 is 0. The molecule has 0 aromatic heterocycles. The first kappa shape index (κ1) is 13.9. The molecule has 88 valence electrons. The van der Waals surface area contributed by atoms with Crippen molar-refractivity contribution in [2.45, 2.75) is 27.2 Å². The van der Waals surface area contributed by atoms with Gasteiger partial charge in [0.1, 0.15) is 0 Å². The van der Waals surface area contributed by atoms with Crippen LogP contribution < -0.4 is 10.6 Å². The fourth-order valence-electron chi connectivity index (χ4n) is 0.795. The molecule has 15 heavy (non-hydrogen) atoms. The van der Waals surface area contributed by atoms with E-state index in [1.54, 1.807) is 20.8 Å². The van der Waals surface area contributed by atoms with Gasteiger partial charge in [-0.25, -0.2) is 0 Å². The molecular formula is C10H20N2O3. The summed E-state index contributed by atoms with van der Waals surface area (Å²) in [5.74, 6) is -0.388. The molecule has 0 heterocycles. The minimum atomic E-state index is -0.481. The van der Waals surface area contributed by atoms with E-state index in [0.717, 1.165) is 0 Å². The lowest BCUT2D eigenvalue weighted by Crippen LogP contribution is -2.41. The highest BCUT2D eigenvalue weighted by Gasteiger charge is 2.21. The van der Waals surface area contributed by atoms with E-state index >= 15 is 0 Å². The van der Waals surface area contributed by atoms with Crippen molar-refractivity contribution in [3.8, 4) is 0 Å². The largest absolute Gasteiger partial charge is 0.396 e. The Morgan fingerprint density at radius 1 is 1.20 bits per heavy atom. The van der Waals surface area contributed by atoms with Crippen LogP contribution >= 0.6 is 0 Å². The van der Waals surface area contributed by atoms with E-state index in [1.807, 2.05) is 0 Å². The topological polar surface area (TPSA) is 78.4 Å². The molecule has 0 unspecified atom stereocenters. The fourth-order valence-corrected chi connectivity index (χ4v) is 0.795. The maximum atomic E-state index is 11.4. The predicted octanol–water partition coefficient (Wildman–Crippen LogP) is -0.353. The number of rotatable bonds is 5. The second kappa shape index (κ2) is 6.40. The maximum absolute atomic E-state index is 11.4. The monoisotopic (exact) mass is 216 g/mol. The van der Waals surface area contributed by atoms with Gasteiger partial charge in [0.15, 0.2) is 0 Å². The second-order valence-corrected chi connectivity index (χ2v) is 4.36. The molecule has 5 heteroatoms. The van der Waals surface area contributed by atoms with Gasteiger partial charge in [-0.1, -0.05) is 20.8 Å². The molecule has 3 N–H and O–H groups in total. The lowest BCUT2D eigenvalue weighted by atomic mass is 9.96. The van der Waals surface area contributed by atoms with E-state index in [1.165, 1.54) is 0 Å². The van der Waals surface area contributed by atoms with Crippen LogP contribution in [0.25, 0.3) is 0 Å². The third-order valence-corrected chi connectivity index (χ3v) is 1.75. The van der Waals surface area contributed by atoms with E-state index in [0.29, 0.717) is 13.0 Å². The third-order valence-electron chi connectivity index (χ3n) is 1.75. The zero-order chi connectivity index (χ0) is 11.9. The van der Waals surface area contributed by atoms with E-state index < -0.39 is 5.41 Å². The molecule has 0 aliphatic heterocycles. The van der Waals surface area contributed by atoms with E-state index in [2.05, 4.69) is 10.6 Å². The smallest absolute Gasteiger partial charge is 0.239 e. The summed E-state index contributed by atoms with van der Waals surface area (Å²) in [7, 11) is 0. The van der Waals surface area contributed by atoms with Gasteiger partial charge in [-0.05, 0) is 6.42 Å². The Kier molecular flexibility index (Phi) is 5.93. The molecule has 0 atom stereocenters.